The highest BCUT2D eigenvalue weighted by Crippen LogP contribution is 2.28. The fraction of sp³-hybridized carbons (Fsp3) is 0.364. The van der Waals surface area contributed by atoms with E-state index in [1.165, 1.54) is 5.56 Å². The van der Waals surface area contributed by atoms with Crippen LogP contribution in [0.4, 0.5) is 16.4 Å². The second-order valence-corrected chi connectivity index (χ2v) is 12.1. The van der Waals surface area contributed by atoms with Crippen molar-refractivity contribution in [2.24, 2.45) is 0 Å². The van der Waals surface area contributed by atoms with E-state index < -0.39 is 11.7 Å². The molecule has 0 spiro atoms. The normalized spacial score (nSPS) is 15.7. The van der Waals surface area contributed by atoms with E-state index in [0.29, 0.717) is 18.7 Å². The van der Waals surface area contributed by atoms with Crippen LogP contribution in [0.1, 0.15) is 42.4 Å². The number of ether oxygens (including phenoxy) is 1. The second-order valence-electron chi connectivity index (χ2n) is 12.1. The van der Waals surface area contributed by atoms with Gasteiger partial charge in [-0.3, -0.25) is 4.79 Å². The van der Waals surface area contributed by atoms with Crippen LogP contribution >= 0.6 is 0 Å². The molecule has 1 N–H and O–H groups in total. The molecule has 0 radical (unpaired) electrons. The van der Waals surface area contributed by atoms with Gasteiger partial charge in [0.15, 0.2) is 5.82 Å². The maximum absolute atomic E-state index is 12.9. The van der Waals surface area contributed by atoms with Gasteiger partial charge < -0.3 is 24.8 Å². The fourth-order valence-electron chi connectivity index (χ4n) is 5.54. The van der Waals surface area contributed by atoms with E-state index in [1.54, 1.807) is 11.1 Å². The third-order valence-corrected chi connectivity index (χ3v) is 7.75. The Morgan fingerprint density at radius 3 is 2.21 bits per heavy atom. The number of hydrogen-bond donors (Lipinski definition) is 1. The average molecular weight is 580 g/mol. The number of benzene rings is 2. The molecule has 2 fully saturated rings. The molecule has 10 nitrogen and oxygen atoms in total. The van der Waals surface area contributed by atoms with Crippen LogP contribution < -0.4 is 15.1 Å². The van der Waals surface area contributed by atoms with Crippen LogP contribution in [0, 0.1) is 0 Å². The fourth-order valence-corrected chi connectivity index (χ4v) is 5.54. The monoisotopic (exact) mass is 579 g/mol. The van der Waals surface area contributed by atoms with E-state index in [-0.39, 0.29) is 11.9 Å². The minimum absolute atomic E-state index is 0.0905. The molecule has 0 unspecified atom stereocenters. The van der Waals surface area contributed by atoms with E-state index in [1.807, 2.05) is 51.1 Å². The molecule has 6 rings (SSSR count). The first kappa shape index (κ1) is 28.4. The first-order valence-electron chi connectivity index (χ1n) is 14.8. The Hall–Kier alpha value is -4.73. The number of alkyl carbamates (subject to hydrolysis) is 1. The van der Waals surface area contributed by atoms with Crippen molar-refractivity contribution in [3.63, 3.8) is 0 Å². The Bertz CT molecular complexity index is 1590. The molecular weight excluding hydrogens is 542 g/mol. The maximum Gasteiger partial charge on any atom is 0.407 e. The number of carbonyl (C=O) groups excluding carboxylic acids is 2. The predicted octanol–water partition coefficient (Wildman–Crippen LogP) is 4.29. The number of rotatable bonds is 6. The Labute approximate surface area is 251 Å². The summed E-state index contributed by atoms with van der Waals surface area (Å²) in [5.74, 6) is 1.67. The van der Waals surface area contributed by atoms with Gasteiger partial charge in [-0.15, -0.1) is 5.10 Å². The number of anilines is 2. The zero-order valence-electron chi connectivity index (χ0n) is 24.9. The molecule has 222 valence electrons. The molecule has 2 aliphatic heterocycles. The largest absolute Gasteiger partial charge is 0.444 e. The van der Waals surface area contributed by atoms with Gasteiger partial charge in [-0.1, -0.05) is 54.6 Å². The molecule has 2 saturated heterocycles. The van der Waals surface area contributed by atoms with Gasteiger partial charge in [0.1, 0.15) is 11.4 Å². The Balaban J connectivity index is 1.04. The molecule has 2 aliphatic rings. The molecule has 0 saturated carbocycles. The van der Waals surface area contributed by atoms with E-state index in [0.717, 1.165) is 60.7 Å². The van der Waals surface area contributed by atoms with Gasteiger partial charge >= 0.3 is 6.09 Å². The zero-order chi connectivity index (χ0) is 30.0. The topological polar surface area (TPSA) is 104 Å². The third kappa shape index (κ3) is 6.53. The van der Waals surface area contributed by atoms with Crippen LogP contribution in [0.3, 0.4) is 0 Å². The summed E-state index contributed by atoms with van der Waals surface area (Å²) in [6.07, 6.45) is 1.92. The van der Waals surface area contributed by atoms with Crippen molar-refractivity contribution in [1.82, 2.24) is 25.4 Å². The quantitative estimate of drug-likeness (QED) is 0.361. The lowest BCUT2D eigenvalue weighted by Crippen LogP contribution is -2.61. The number of carbonyl (C=O) groups is 2. The van der Waals surface area contributed by atoms with Crippen molar-refractivity contribution in [2.45, 2.75) is 38.8 Å². The van der Waals surface area contributed by atoms with Crippen molar-refractivity contribution in [3.05, 3.63) is 89.7 Å². The van der Waals surface area contributed by atoms with Gasteiger partial charge in [-0.25, -0.2) is 9.78 Å². The molecule has 2 aromatic carbocycles. The van der Waals surface area contributed by atoms with Crippen LogP contribution in [0.25, 0.3) is 10.8 Å². The Kier molecular flexibility index (Phi) is 7.84. The molecule has 10 heteroatoms. The molecule has 0 aliphatic carbocycles. The van der Waals surface area contributed by atoms with E-state index in [9.17, 15) is 9.59 Å². The molecule has 43 heavy (non-hydrogen) atoms. The lowest BCUT2D eigenvalue weighted by Gasteiger charge is -2.39. The van der Waals surface area contributed by atoms with Gasteiger partial charge in [0.05, 0.1) is 17.3 Å². The summed E-state index contributed by atoms with van der Waals surface area (Å²) in [7, 11) is 0. The first-order valence-corrected chi connectivity index (χ1v) is 14.8. The molecular formula is C33H37N7O3. The standard InChI is InChI=1S/C33H37N7O3/c1-33(2,3)43-32(42)35-25-21-40(22-25)31(41)24-13-14-29(34-20-24)38-15-17-39(18-16-38)30-27-12-8-7-11-26(27)28(36-37-30)19-23-9-5-4-6-10-23/h4-14,20,25H,15-19,21-22H2,1-3H3,(H,35,42). The highest BCUT2D eigenvalue weighted by molar-refractivity contribution is 5.95. The number of pyridine rings is 1. The SMILES string of the molecule is CC(C)(C)OC(=O)NC1CN(C(=O)c2ccc(N3CCN(c4nnc(Cc5ccccc5)c5ccccc45)CC3)nc2)C1. The highest BCUT2D eigenvalue weighted by atomic mass is 16.6. The molecule has 4 aromatic rings. The van der Waals surface area contributed by atoms with Gasteiger partial charge in [0.25, 0.3) is 5.91 Å². The number of hydrogen-bond acceptors (Lipinski definition) is 8. The van der Waals surface area contributed by atoms with Crippen molar-refractivity contribution < 1.29 is 14.3 Å². The van der Waals surface area contributed by atoms with Crippen molar-refractivity contribution in [3.8, 4) is 0 Å². The van der Waals surface area contributed by atoms with Gasteiger partial charge in [0, 0.05) is 62.7 Å². The lowest BCUT2D eigenvalue weighted by molar-refractivity contribution is 0.0359. The number of aromatic nitrogens is 3. The number of amides is 2. The second kappa shape index (κ2) is 11.9. The molecule has 4 heterocycles. The molecule has 2 aromatic heterocycles. The van der Waals surface area contributed by atoms with Crippen molar-refractivity contribution in [2.75, 3.05) is 49.1 Å². The van der Waals surface area contributed by atoms with Gasteiger partial charge in [-0.2, -0.15) is 5.10 Å². The summed E-state index contributed by atoms with van der Waals surface area (Å²) in [6, 6.07) is 22.4. The van der Waals surface area contributed by atoms with Crippen LogP contribution in [0.2, 0.25) is 0 Å². The Morgan fingerprint density at radius 2 is 1.53 bits per heavy atom. The smallest absolute Gasteiger partial charge is 0.407 e. The first-order chi connectivity index (χ1) is 20.7. The number of fused-ring (bicyclic) bond motifs is 1. The number of likely N-dealkylation sites (tertiary alicyclic amines) is 1. The van der Waals surface area contributed by atoms with Crippen molar-refractivity contribution in [1.29, 1.82) is 0 Å². The number of nitrogens with one attached hydrogen (secondary N) is 1. The number of nitrogens with zero attached hydrogens (tertiary/aromatic N) is 6. The summed E-state index contributed by atoms with van der Waals surface area (Å²) in [4.78, 5) is 35.7. The van der Waals surface area contributed by atoms with Gasteiger partial charge in [-0.05, 0) is 38.5 Å². The summed E-state index contributed by atoms with van der Waals surface area (Å²) >= 11 is 0. The predicted molar refractivity (Wildman–Crippen MR) is 167 cm³/mol. The minimum atomic E-state index is -0.555. The molecule has 0 bridgehead atoms. The summed E-state index contributed by atoms with van der Waals surface area (Å²) in [6.45, 7) is 9.52. The van der Waals surface area contributed by atoms with Crippen LogP contribution in [0.5, 0.6) is 0 Å². The van der Waals surface area contributed by atoms with E-state index >= 15 is 0 Å². The van der Waals surface area contributed by atoms with Crippen molar-refractivity contribution >= 4 is 34.4 Å². The van der Waals surface area contributed by atoms with Gasteiger partial charge in [0.2, 0.25) is 0 Å². The number of piperazine rings is 1. The third-order valence-electron chi connectivity index (χ3n) is 7.75. The average Bonchev–Trinajstić information content (AvgIpc) is 2.98. The Morgan fingerprint density at radius 1 is 0.860 bits per heavy atom. The maximum atomic E-state index is 12.9. The van der Waals surface area contributed by atoms with Crippen LogP contribution in [-0.4, -0.2) is 83.0 Å². The summed E-state index contributed by atoms with van der Waals surface area (Å²) in [5, 5.41) is 14.4. The lowest BCUT2D eigenvalue weighted by atomic mass is 10.0. The van der Waals surface area contributed by atoms with Crippen LogP contribution in [-0.2, 0) is 11.2 Å². The van der Waals surface area contributed by atoms with E-state index in [2.05, 4.69) is 61.6 Å². The summed E-state index contributed by atoms with van der Waals surface area (Å²) in [5.41, 5.74) is 2.18. The molecule has 2 amide bonds. The highest BCUT2D eigenvalue weighted by Gasteiger charge is 2.33. The molecule has 0 atom stereocenters. The summed E-state index contributed by atoms with van der Waals surface area (Å²) < 4.78 is 5.29. The van der Waals surface area contributed by atoms with Crippen LogP contribution in [0.15, 0.2) is 72.9 Å². The minimum Gasteiger partial charge on any atom is -0.444 e. The zero-order valence-corrected chi connectivity index (χ0v) is 24.9. The van der Waals surface area contributed by atoms with E-state index in [4.69, 9.17) is 9.84 Å².